The summed E-state index contributed by atoms with van der Waals surface area (Å²) in [6.07, 6.45) is 0.816. The summed E-state index contributed by atoms with van der Waals surface area (Å²) in [5.41, 5.74) is 2.53. The Morgan fingerprint density at radius 3 is 2.31 bits per heavy atom. The molecule has 2 aromatic carbocycles. The molecule has 0 aliphatic carbocycles. The Labute approximate surface area is 149 Å². The van der Waals surface area contributed by atoms with Crippen LogP contribution in [0.15, 0.2) is 42.5 Å². The second-order valence-corrected chi connectivity index (χ2v) is 5.84. The maximum atomic E-state index is 11.3. The molecule has 0 amide bonds. The number of fused-ring (bicyclic) bond motifs is 1. The average molecular weight is 354 g/mol. The minimum atomic E-state index is -1.01. The summed E-state index contributed by atoms with van der Waals surface area (Å²) in [7, 11) is 0. The molecule has 0 aliphatic heterocycles. The third-order valence-corrected chi connectivity index (χ3v) is 3.94. The van der Waals surface area contributed by atoms with Gasteiger partial charge < -0.3 is 14.9 Å². The van der Waals surface area contributed by atoms with E-state index in [0.29, 0.717) is 30.2 Å². The SMILES string of the molecule is CCCOc1nc2ccc(C(=O)O)cc2n1Cc1ccc(C(=O)O)cc1. The van der Waals surface area contributed by atoms with Crippen LogP contribution in [-0.4, -0.2) is 38.3 Å². The van der Waals surface area contributed by atoms with E-state index in [2.05, 4.69) is 4.98 Å². The van der Waals surface area contributed by atoms with Crippen LogP contribution in [0.4, 0.5) is 0 Å². The van der Waals surface area contributed by atoms with Crippen molar-refractivity contribution in [1.82, 2.24) is 9.55 Å². The van der Waals surface area contributed by atoms with Crippen molar-refractivity contribution in [1.29, 1.82) is 0 Å². The van der Waals surface area contributed by atoms with Crippen LogP contribution in [0, 0.1) is 0 Å². The highest BCUT2D eigenvalue weighted by Gasteiger charge is 2.15. The van der Waals surface area contributed by atoms with Gasteiger partial charge in [0.2, 0.25) is 0 Å². The summed E-state index contributed by atoms with van der Waals surface area (Å²) in [5.74, 6) is -2.00. The quantitative estimate of drug-likeness (QED) is 0.675. The lowest BCUT2D eigenvalue weighted by Gasteiger charge is -2.10. The Hall–Kier alpha value is -3.35. The molecule has 7 heteroatoms. The Balaban J connectivity index is 2.03. The van der Waals surface area contributed by atoms with Gasteiger partial charge in [0.25, 0.3) is 6.01 Å². The molecule has 26 heavy (non-hydrogen) atoms. The van der Waals surface area contributed by atoms with Crippen molar-refractivity contribution in [3.05, 3.63) is 59.2 Å². The Kier molecular flexibility index (Phi) is 4.88. The monoisotopic (exact) mass is 354 g/mol. The topological polar surface area (TPSA) is 102 Å². The molecule has 0 saturated carbocycles. The molecule has 0 spiro atoms. The van der Waals surface area contributed by atoms with Crippen LogP contribution in [0.5, 0.6) is 6.01 Å². The van der Waals surface area contributed by atoms with E-state index >= 15 is 0 Å². The number of aromatic nitrogens is 2. The van der Waals surface area contributed by atoms with Gasteiger partial charge in [-0.15, -0.1) is 0 Å². The van der Waals surface area contributed by atoms with Crippen molar-refractivity contribution >= 4 is 23.0 Å². The first-order chi connectivity index (χ1) is 12.5. The Bertz CT molecular complexity index is 960. The molecule has 7 nitrogen and oxygen atoms in total. The Morgan fingerprint density at radius 2 is 1.69 bits per heavy atom. The molecule has 2 N–H and O–H groups in total. The maximum Gasteiger partial charge on any atom is 0.335 e. The van der Waals surface area contributed by atoms with Gasteiger partial charge >= 0.3 is 11.9 Å². The zero-order valence-corrected chi connectivity index (χ0v) is 14.2. The molecule has 0 unspecified atom stereocenters. The van der Waals surface area contributed by atoms with E-state index in [1.165, 1.54) is 18.2 Å². The molecule has 0 bridgehead atoms. The summed E-state index contributed by atoms with van der Waals surface area (Å²) in [4.78, 5) is 26.7. The number of benzene rings is 2. The summed E-state index contributed by atoms with van der Waals surface area (Å²) in [6, 6.07) is 11.6. The molecule has 1 aromatic heterocycles. The first-order valence-electron chi connectivity index (χ1n) is 8.18. The van der Waals surface area contributed by atoms with Gasteiger partial charge in [0, 0.05) is 0 Å². The zero-order valence-electron chi connectivity index (χ0n) is 14.2. The first kappa shape index (κ1) is 17.5. The maximum absolute atomic E-state index is 11.3. The van der Waals surface area contributed by atoms with Gasteiger partial charge in [-0.2, -0.15) is 4.98 Å². The summed E-state index contributed by atoms with van der Waals surface area (Å²) in [6.45, 7) is 2.87. The van der Waals surface area contributed by atoms with Gasteiger partial charge in [0.05, 0.1) is 35.3 Å². The predicted molar refractivity (Wildman–Crippen MR) is 95.0 cm³/mol. The normalized spacial score (nSPS) is 10.8. The largest absolute Gasteiger partial charge is 0.478 e. The second kappa shape index (κ2) is 7.26. The number of carboxylic acids is 2. The lowest BCUT2D eigenvalue weighted by atomic mass is 10.1. The van der Waals surface area contributed by atoms with E-state index in [-0.39, 0.29) is 11.1 Å². The molecule has 3 rings (SSSR count). The van der Waals surface area contributed by atoms with E-state index in [9.17, 15) is 14.7 Å². The molecule has 0 atom stereocenters. The first-order valence-corrected chi connectivity index (χ1v) is 8.18. The summed E-state index contributed by atoms with van der Waals surface area (Å²) in [5, 5.41) is 18.2. The molecular weight excluding hydrogens is 336 g/mol. The number of carbonyl (C=O) groups is 2. The smallest absolute Gasteiger partial charge is 0.335 e. The molecule has 1 heterocycles. The highest BCUT2D eigenvalue weighted by Crippen LogP contribution is 2.24. The van der Waals surface area contributed by atoms with Gasteiger partial charge in [0.1, 0.15) is 0 Å². The fourth-order valence-electron chi connectivity index (χ4n) is 2.63. The van der Waals surface area contributed by atoms with Crippen LogP contribution >= 0.6 is 0 Å². The predicted octanol–water partition coefficient (Wildman–Crippen LogP) is 3.27. The van der Waals surface area contributed by atoms with E-state index < -0.39 is 11.9 Å². The van der Waals surface area contributed by atoms with Crippen molar-refractivity contribution in [3.63, 3.8) is 0 Å². The van der Waals surface area contributed by atoms with E-state index in [1.54, 1.807) is 28.8 Å². The molecule has 0 saturated heterocycles. The molecule has 3 aromatic rings. The van der Waals surface area contributed by atoms with Gasteiger partial charge in [0.15, 0.2) is 0 Å². The van der Waals surface area contributed by atoms with Crippen molar-refractivity contribution in [2.24, 2.45) is 0 Å². The van der Waals surface area contributed by atoms with Crippen molar-refractivity contribution in [2.75, 3.05) is 6.61 Å². The van der Waals surface area contributed by atoms with E-state index in [1.807, 2.05) is 6.92 Å². The summed E-state index contributed by atoms with van der Waals surface area (Å²) < 4.78 is 7.51. The van der Waals surface area contributed by atoms with Crippen LogP contribution in [0.3, 0.4) is 0 Å². The number of rotatable bonds is 7. The lowest BCUT2D eigenvalue weighted by Crippen LogP contribution is -2.07. The third kappa shape index (κ3) is 3.51. The minimum absolute atomic E-state index is 0.168. The number of nitrogens with zero attached hydrogens (tertiary/aromatic N) is 2. The van der Waals surface area contributed by atoms with Gasteiger partial charge in [-0.25, -0.2) is 9.59 Å². The molecule has 0 radical (unpaired) electrons. The number of hydrogen-bond acceptors (Lipinski definition) is 4. The number of carboxylic acid groups (broad SMARTS) is 2. The van der Waals surface area contributed by atoms with Gasteiger partial charge in [-0.1, -0.05) is 19.1 Å². The molecular formula is C19H18N2O5. The number of ether oxygens (including phenoxy) is 1. The molecule has 0 aliphatic rings. The Morgan fingerprint density at radius 1 is 1.04 bits per heavy atom. The number of imidazole rings is 1. The number of aromatic carboxylic acids is 2. The highest BCUT2D eigenvalue weighted by atomic mass is 16.5. The number of hydrogen-bond donors (Lipinski definition) is 2. The zero-order chi connectivity index (χ0) is 18.7. The van der Waals surface area contributed by atoms with Crippen LogP contribution in [0.2, 0.25) is 0 Å². The standard InChI is InChI=1S/C19H18N2O5/c1-2-9-26-19-20-15-8-7-14(18(24)25)10-16(15)21(19)11-12-3-5-13(6-4-12)17(22)23/h3-8,10H,2,9,11H2,1H3,(H,22,23)(H,24,25). The average Bonchev–Trinajstić information content (AvgIpc) is 2.97. The van der Waals surface area contributed by atoms with Gasteiger partial charge in [-0.3, -0.25) is 4.57 Å². The fraction of sp³-hybridized carbons (Fsp3) is 0.211. The van der Waals surface area contributed by atoms with Crippen LogP contribution in [0.1, 0.15) is 39.6 Å². The third-order valence-electron chi connectivity index (χ3n) is 3.94. The summed E-state index contributed by atoms with van der Waals surface area (Å²) >= 11 is 0. The van der Waals surface area contributed by atoms with Crippen molar-refractivity contribution in [2.45, 2.75) is 19.9 Å². The lowest BCUT2D eigenvalue weighted by molar-refractivity contribution is 0.0686. The minimum Gasteiger partial charge on any atom is -0.478 e. The van der Waals surface area contributed by atoms with Crippen LogP contribution in [-0.2, 0) is 6.54 Å². The van der Waals surface area contributed by atoms with Gasteiger partial charge in [-0.05, 0) is 42.3 Å². The van der Waals surface area contributed by atoms with Crippen molar-refractivity contribution < 1.29 is 24.5 Å². The second-order valence-electron chi connectivity index (χ2n) is 5.84. The molecule has 0 fully saturated rings. The van der Waals surface area contributed by atoms with Crippen molar-refractivity contribution in [3.8, 4) is 6.01 Å². The fourth-order valence-corrected chi connectivity index (χ4v) is 2.63. The van der Waals surface area contributed by atoms with Crippen LogP contribution < -0.4 is 4.74 Å². The van der Waals surface area contributed by atoms with Crippen LogP contribution in [0.25, 0.3) is 11.0 Å². The molecule has 134 valence electrons. The highest BCUT2D eigenvalue weighted by molar-refractivity contribution is 5.92. The van der Waals surface area contributed by atoms with E-state index in [4.69, 9.17) is 9.84 Å². The van der Waals surface area contributed by atoms with E-state index in [0.717, 1.165) is 12.0 Å².